The Morgan fingerprint density at radius 2 is 1.80 bits per heavy atom. The summed E-state index contributed by atoms with van der Waals surface area (Å²) in [5, 5.41) is 0. The van der Waals surface area contributed by atoms with Gasteiger partial charge in [0.15, 0.2) is 17.3 Å². The smallest absolute Gasteiger partial charge is 0.194 e. The Bertz CT molecular complexity index is 475. The second kappa shape index (κ2) is 6.27. The number of carbonyl (C=O) groups is 1. The fourth-order valence-electron chi connectivity index (χ4n) is 2.90. The van der Waals surface area contributed by atoms with Crippen LogP contribution < -0.4 is 9.47 Å². The molecule has 4 heteroatoms. The third-order valence-corrected chi connectivity index (χ3v) is 3.89. The summed E-state index contributed by atoms with van der Waals surface area (Å²) < 4.78 is 16.3. The first-order valence-electron chi connectivity index (χ1n) is 7.07. The maximum absolute atomic E-state index is 12.8. The summed E-state index contributed by atoms with van der Waals surface area (Å²) in [6, 6.07) is 5.28. The molecule has 1 aromatic rings. The van der Waals surface area contributed by atoms with E-state index < -0.39 is 5.60 Å². The minimum atomic E-state index is -0.644. The number of hydrogen-bond acceptors (Lipinski definition) is 4. The Morgan fingerprint density at radius 1 is 1.15 bits per heavy atom. The highest BCUT2D eigenvalue weighted by atomic mass is 16.5. The molecule has 0 unspecified atom stereocenters. The summed E-state index contributed by atoms with van der Waals surface area (Å²) in [7, 11) is 3.15. The third kappa shape index (κ3) is 2.66. The van der Waals surface area contributed by atoms with Crippen molar-refractivity contribution in [3.63, 3.8) is 0 Å². The molecule has 1 aliphatic carbocycles. The maximum atomic E-state index is 12.8. The first kappa shape index (κ1) is 14.9. The molecule has 1 saturated carbocycles. The van der Waals surface area contributed by atoms with Crippen molar-refractivity contribution >= 4 is 5.78 Å². The van der Waals surface area contributed by atoms with Crippen LogP contribution in [0.1, 0.15) is 43.0 Å². The Labute approximate surface area is 120 Å². The van der Waals surface area contributed by atoms with E-state index in [9.17, 15) is 4.79 Å². The van der Waals surface area contributed by atoms with Crippen LogP contribution in [0.5, 0.6) is 11.5 Å². The molecule has 0 bridgehead atoms. The molecule has 0 N–H and O–H groups in total. The molecule has 4 nitrogen and oxygen atoms in total. The van der Waals surface area contributed by atoms with Gasteiger partial charge in [-0.05, 0) is 50.8 Å². The number of rotatable bonds is 6. The average molecular weight is 278 g/mol. The molecule has 2 rings (SSSR count). The summed E-state index contributed by atoms with van der Waals surface area (Å²) in [6.07, 6.45) is 3.68. The molecule has 0 heterocycles. The van der Waals surface area contributed by atoms with E-state index in [1.165, 1.54) is 0 Å². The second-order valence-electron chi connectivity index (χ2n) is 5.03. The highest BCUT2D eigenvalue weighted by Gasteiger charge is 2.42. The molecule has 0 aromatic heterocycles. The van der Waals surface area contributed by atoms with Gasteiger partial charge in [0.2, 0.25) is 0 Å². The van der Waals surface area contributed by atoms with Gasteiger partial charge < -0.3 is 14.2 Å². The number of ether oxygens (including phenoxy) is 3. The lowest BCUT2D eigenvalue weighted by Crippen LogP contribution is -2.38. The average Bonchev–Trinajstić information content (AvgIpc) is 2.96. The van der Waals surface area contributed by atoms with Crippen molar-refractivity contribution in [1.82, 2.24) is 0 Å². The minimum absolute atomic E-state index is 0.0535. The molecule has 0 spiro atoms. The number of benzene rings is 1. The predicted molar refractivity (Wildman–Crippen MR) is 76.7 cm³/mol. The maximum Gasteiger partial charge on any atom is 0.194 e. The van der Waals surface area contributed by atoms with Gasteiger partial charge in [-0.15, -0.1) is 0 Å². The number of methoxy groups -OCH3 is 2. The van der Waals surface area contributed by atoms with Crippen molar-refractivity contribution in [3.05, 3.63) is 23.8 Å². The van der Waals surface area contributed by atoms with Crippen molar-refractivity contribution in [2.75, 3.05) is 20.8 Å². The van der Waals surface area contributed by atoms with Crippen LogP contribution in [0.25, 0.3) is 0 Å². The summed E-state index contributed by atoms with van der Waals surface area (Å²) in [4.78, 5) is 12.8. The second-order valence-corrected chi connectivity index (χ2v) is 5.03. The number of Topliss-reactive ketones (excluding diaryl/α,β-unsaturated/α-hetero) is 1. The predicted octanol–water partition coefficient (Wildman–Crippen LogP) is 3.24. The van der Waals surface area contributed by atoms with E-state index in [1.54, 1.807) is 32.4 Å². The monoisotopic (exact) mass is 278 g/mol. The summed E-state index contributed by atoms with van der Waals surface area (Å²) in [6.45, 7) is 2.49. The molecule has 110 valence electrons. The zero-order valence-corrected chi connectivity index (χ0v) is 12.4. The van der Waals surface area contributed by atoms with E-state index in [-0.39, 0.29) is 5.78 Å². The molecular weight excluding hydrogens is 256 g/mol. The number of hydrogen-bond donors (Lipinski definition) is 0. The van der Waals surface area contributed by atoms with Crippen LogP contribution in [0.15, 0.2) is 18.2 Å². The lowest BCUT2D eigenvalue weighted by molar-refractivity contribution is -0.0163. The van der Waals surface area contributed by atoms with E-state index in [2.05, 4.69) is 0 Å². The molecule has 0 amide bonds. The minimum Gasteiger partial charge on any atom is -0.493 e. The largest absolute Gasteiger partial charge is 0.493 e. The van der Waals surface area contributed by atoms with E-state index >= 15 is 0 Å². The fraction of sp³-hybridized carbons (Fsp3) is 0.562. The SMILES string of the molecule is CCOC1(C(=O)c2ccc(OC)c(OC)c2)CCCC1. The van der Waals surface area contributed by atoms with Gasteiger partial charge in [0.1, 0.15) is 5.60 Å². The van der Waals surface area contributed by atoms with Gasteiger partial charge in [0, 0.05) is 12.2 Å². The fourth-order valence-corrected chi connectivity index (χ4v) is 2.90. The van der Waals surface area contributed by atoms with Gasteiger partial charge in [0.05, 0.1) is 14.2 Å². The topological polar surface area (TPSA) is 44.8 Å². The quantitative estimate of drug-likeness (QED) is 0.749. The lowest BCUT2D eigenvalue weighted by Gasteiger charge is -2.27. The zero-order chi connectivity index (χ0) is 14.6. The van der Waals surface area contributed by atoms with Crippen LogP contribution in [0.4, 0.5) is 0 Å². The van der Waals surface area contributed by atoms with Crippen LogP contribution in [0, 0.1) is 0 Å². The molecule has 0 atom stereocenters. The highest BCUT2D eigenvalue weighted by molar-refractivity contribution is 6.03. The van der Waals surface area contributed by atoms with Crippen molar-refractivity contribution in [2.45, 2.75) is 38.2 Å². The molecule has 1 fully saturated rings. The molecular formula is C16H22O4. The lowest BCUT2D eigenvalue weighted by atomic mass is 9.90. The summed E-state index contributed by atoms with van der Waals surface area (Å²) in [5.41, 5.74) is -0.0213. The molecule has 20 heavy (non-hydrogen) atoms. The first-order valence-corrected chi connectivity index (χ1v) is 7.07. The van der Waals surface area contributed by atoms with E-state index in [1.807, 2.05) is 6.92 Å². The van der Waals surface area contributed by atoms with Crippen LogP contribution in [-0.2, 0) is 4.74 Å². The van der Waals surface area contributed by atoms with Crippen molar-refractivity contribution in [2.24, 2.45) is 0 Å². The molecule has 1 aliphatic rings. The van der Waals surface area contributed by atoms with E-state index in [4.69, 9.17) is 14.2 Å². The van der Waals surface area contributed by atoms with Crippen molar-refractivity contribution in [3.8, 4) is 11.5 Å². The van der Waals surface area contributed by atoms with Gasteiger partial charge in [-0.1, -0.05) is 0 Å². The normalized spacial score (nSPS) is 16.9. The Morgan fingerprint density at radius 3 is 2.35 bits per heavy atom. The van der Waals surface area contributed by atoms with Gasteiger partial charge in [-0.3, -0.25) is 4.79 Å². The third-order valence-electron chi connectivity index (χ3n) is 3.89. The molecule has 0 saturated heterocycles. The molecule has 0 aliphatic heterocycles. The standard InChI is InChI=1S/C16H22O4/c1-4-20-16(9-5-6-10-16)15(17)12-7-8-13(18-2)14(11-12)19-3/h7-8,11H,4-6,9-10H2,1-3H3. The zero-order valence-electron chi connectivity index (χ0n) is 12.4. The first-order chi connectivity index (χ1) is 9.66. The van der Waals surface area contributed by atoms with E-state index in [0.717, 1.165) is 25.7 Å². The van der Waals surface area contributed by atoms with Crippen molar-refractivity contribution < 1.29 is 19.0 Å². The number of carbonyl (C=O) groups excluding carboxylic acids is 1. The highest BCUT2D eigenvalue weighted by Crippen LogP contribution is 2.37. The Kier molecular flexibility index (Phi) is 4.65. The van der Waals surface area contributed by atoms with Gasteiger partial charge in [-0.2, -0.15) is 0 Å². The van der Waals surface area contributed by atoms with E-state index in [0.29, 0.717) is 23.7 Å². The van der Waals surface area contributed by atoms with Crippen LogP contribution in [0.3, 0.4) is 0 Å². The summed E-state index contributed by atoms with van der Waals surface area (Å²) >= 11 is 0. The van der Waals surface area contributed by atoms with Crippen LogP contribution in [-0.4, -0.2) is 32.2 Å². The molecule has 0 radical (unpaired) electrons. The summed E-state index contributed by atoms with van der Waals surface area (Å²) in [5.74, 6) is 1.25. The van der Waals surface area contributed by atoms with Gasteiger partial charge in [-0.25, -0.2) is 0 Å². The number of ketones is 1. The van der Waals surface area contributed by atoms with Gasteiger partial charge in [0.25, 0.3) is 0 Å². The van der Waals surface area contributed by atoms with Crippen LogP contribution in [0.2, 0.25) is 0 Å². The van der Waals surface area contributed by atoms with Crippen LogP contribution >= 0.6 is 0 Å². The Balaban J connectivity index is 2.32. The Hall–Kier alpha value is -1.55. The van der Waals surface area contributed by atoms with Crippen molar-refractivity contribution in [1.29, 1.82) is 0 Å². The molecule has 1 aromatic carbocycles. The van der Waals surface area contributed by atoms with Gasteiger partial charge >= 0.3 is 0 Å².